The number of nitrogens with one attached hydrogen (secondary N) is 1. The Kier molecular flexibility index (Phi) is 5.77. The lowest BCUT2D eigenvalue weighted by Crippen LogP contribution is -2.29. The maximum atomic E-state index is 13.4. The van der Waals surface area contributed by atoms with Crippen LogP contribution in [0, 0.1) is 11.2 Å². The molecule has 1 saturated heterocycles. The fraction of sp³-hybridized carbons (Fsp3) is 0.250. The van der Waals surface area contributed by atoms with Gasteiger partial charge in [0.05, 0.1) is 11.4 Å². The number of anilines is 1. The highest BCUT2D eigenvalue weighted by molar-refractivity contribution is 5.91. The second-order valence-corrected chi connectivity index (χ2v) is 7.70. The summed E-state index contributed by atoms with van der Waals surface area (Å²) in [6.07, 6.45) is 3.38. The molecule has 30 heavy (non-hydrogen) atoms. The highest BCUT2D eigenvalue weighted by Gasteiger charge is 2.22. The van der Waals surface area contributed by atoms with Crippen LogP contribution in [0.25, 0.3) is 11.3 Å². The number of nitrogens with zero attached hydrogens (tertiary/aromatic N) is 2. The summed E-state index contributed by atoms with van der Waals surface area (Å²) < 4.78 is 19.1. The molecule has 1 aliphatic heterocycles. The molecule has 0 atom stereocenters. The van der Waals surface area contributed by atoms with Gasteiger partial charge in [0.15, 0.2) is 0 Å². The first kappa shape index (κ1) is 20.0. The molecule has 154 valence electrons. The van der Waals surface area contributed by atoms with E-state index in [0.717, 1.165) is 37.2 Å². The third-order valence-electron chi connectivity index (χ3n) is 5.56. The number of piperidine rings is 1. The monoisotopic (exact) mass is 404 g/mol. The van der Waals surface area contributed by atoms with E-state index in [-0.39, 0.29) is 5.82 Å². The fourth-order valence-electron chi connectivity index (χ4n) is 3.80. The predicted octanol–water partition coefficient (Wildman–Crippen LogP) is 5.07. The van der Waals surface area contributed by atoms with Crippen LogP contribution in [0.3, 0.4) is 0 Å². The number of likely N-dealkylation sites (tertiary alicyclic amines) is 1. The number of halogens is 1. The maximum Gasteiger partial charge on any atom is 0.130 e. The van der Waals surface area contributed by atoms with E-state index in [0.29, 0.717) is 34.4 Å². The van der Waals surface area contributed by atoms with Crippen LogP contribution >= 0.6 is 0 Å². The van der Waals surface area contributed by atoms with Gasteiger partial charge in [0, 0.05) is 35.0 Å². The summed E-state index contributed by atoms with van der Waals surface area (Å²) in [4.78, 5) is 7.21. The molecule has 0 bridgehead atoms. The van der Waals surface area contributed by atoms with Gasteiger partial charge in [-0.2, -0.15) is 0 Å². The Morgan fingerprint density at radius 3 is 2.50 bits per heavy atom. The zero-order valence-electron chi connectivity index (χ0n) is 16.9. The number of ether oxygens (including phenoxy) is 1. The number of hydrogen-bond donors (Lipinski definition) is 2. The van der Waals surface area contributed by atoms with Crippen molar-refractivity contribution in [3.05, 3.63) is 71.7 Å². The van der Waals surface area contributed by atoms with E-state index < -0.39 is 0 Å². The molecule has 6 heteroatoms. The molecule has 3 aromatic rings. The van der Waals surface area contributed by atoms with Crippen LogP contribution < -0.4 is 10.5 Å². The van der Waals surface area contributed by atoms with Crippen LogP contribution in [0.1, 0.15) is 30.0 Å². The van der Waals surface area contributed by atoms with Crippen molar-refractivity contribution in [2.24, 2.45) is 0 Å². The van der Waals surface area contributed by atoms with E-state index in [1.54, 1.807) is 12.1 Å². The van der Waals surface area contributed by atoms with Crippen molar-refractivity contribution in [3.8, 4) is 22.8 Å². The summed E-state index contributed by atoms with van der Waals surface area (Å²) in [6.45, 7) is 2.08. The Morgan fingerprint density at radius 2 is 1.83 bits per heavy atom. The number of rotatable bonds is 5. The summed E-state index contributed by atoms with van der Waals surface area (Å²) in [5.41, 5.74) is 10.1. The molecule has 0 unspecified atom stereocenters. The number of nitrogens with two attached hydrogens (primary N) is 1. The maximum absolute atomic E-state index is 13.4. The minimum absolute atomic E-state index is 0.342. The van der Waals surface area contributed by atoms with Gasteiger partial charge in [-0.3, -0.25) is 4.98 Å². The zero-order valence-corrected chi connectivity index (χ0v) is 16.9. The van der Waals surface area contributed by atoms with E-state index in [1.165, 1.54) is 18.3 Å². The molecule has 1 fully saturated rings. The van der Waals surface area contributed by atoms with Crippen molar-refractivity contribution in [1.29, 1.82) is 5.41 Å². The van der Waals surface area contributed by atoms with Crippen LogP contribution in [0.2, 0.25) is 0 Å². The second kappa shape index (κ2) is 8.63. The predicted molar refractivity (Wildman–Crippen MR) is 118 cm³/mol. The van der Waals surface area contributed by atoms with Gasteiger partial charge in [0.25, 0.3) is 0 Å². The Labute approximate surface area is 175 Å². The first-order chi connectivity index (χ1) is 14.5. The summed E-state index contributed by atoms with van der Waals surface area (Å²) in [7, 11) is 2.13. The first-order valence-electron chi connectivity index (χ1n) is 10.1. The Morgan fingerprint density at radius 1 is 1.10 bits per heavy atom. The Bertz CT molecular complexity index is 1040. The highest BCUT2D eigenvalue weighted by Crippen LogP contribution is 2.34. The van der Waals surface area contributed by atoms with E-state index >= 15 is 0 Å². The Hall–Kier alpha value is -3.25. The quantitative estimate of drug-likeness (QED) is 0.582. The minimum atomic E-state index is -0.342. The summed E-state index contributed by atoms with van der Waals surface area (Å²) in [5, 5.41) is 7.77. The van der Waals surface area contributed by atoms with Crippen LogP contribution in [-0.4, -0.2) is 36.2 Å². The van der Waals surface area contributed by atoms with E-state index in [9.17, 15) is 4.39 Å². The van der Waals surface area contributed by atoms with Crippen molar-refractivity contribution >= 4 is 11.9 Å². The largest absolute Gasteiger partial charge is 0.457 e. The van der Waals surface area contributed by atoms with Crippen LogP contribution in [0.4, 0.5) is 10.1 Å². The first-order valence-corrected chi connectivity index (χ1v) is 10.1. The standard InChI is InChI=1S/C24H25FN4O/c1-29-11-9-16(10-12-29)22-13-18(15-26)23(27)24(28-22)17-5-7-20(8-6-17)30-21-4-2-3-19(25)14-21/h2-8,13-16,26H,9-12,27H2,1H3. The topological polar surface area (TPSA) is 75.2 Å². The molecule has 0 amide bonds. The van der Waals surface area contributed by atoms with Gasteiger partial charge in [-0.25, -0.2) is 4.39 Å². The van der Waals surface area contributed by atoms with E-state index in [2.05, 4.69) is 11.9 Å². The van der Waals surface area contributed by atoms with E-state index in [4.69, 9.17) is 20.9 Å². The van der Waals surface area contributed by atoms with E-state index in [1.807, 2.05) is 30.3 Å². The molecule has 0 spiro atoms. The summed E-state index contributed by atoms with van der Waals surface area (Å²) in [6, 6.07) is 15.4. The number of hydrogen-bond acceptors (Lipinski definition) is 5. The number of nitrogen functional groups attached to an aromatic ring is 1. The van der Waals surface area contributed by atoms with Crippen LogP contribution in [-0.2, 0) is 0 Å². The molecule has 1 aliphatic rings. The van der Waals surface area contributed by atoms with Gasteiger partial charge in [-0.1, -0.05) is 6.07 Å². The van der Waals surface area contributed by atoms with Crippen molar-refractivity contribution in [3.63, 3.8) is 0 Å². The molecule has 4 rings (SSSR count). The van der Waals surface area contributed by atoms with Gasteiger partial charge in [-0.15, -0.1) is 0 Å². The third-order valence-corrected chi connectivity index (χ3v) is 5.56. The molecule has 0 aliphatic carbocycles. The summed E-state index contributed by atoms with van der Waals surface area (Å²) >= 11 is 0. The van der Waals surface area contributed by atoms with Gasteiger partial charge >= 0.3 is 0 Å². The molecule has 0 saturated carbocycles. The van der Waals surface area contributed by atoms with Crippen molar-refractivity contribution < 1.29 is 9.13 Å². The fourth-order valence-corrected chi connectivity index (χ4v) is 3.80. The molecular formula is C24H25FN4O. The molecular weight excluding hydrogens is 379 g/mol. The number of benzene rings is 2. The second-order valence-electron chi connectivity index (χ2n) is 7.70. The smallest absolute Gasteiger partial charge is 0.130 e. The average molecular weight is 404 g/mol. The van der Waals surface area contributed by atoms with Crippen LogP contribution in [0.15, 0.2) is 54.6 Å². The highest BCUT2D eigenvalue weighted by atomic mass is 19.1. The SMILES string of the molecule is CN1CCC(c2cc(C=N)c(N)c(-c3ccc(Oc4cccc(F)c4)cc3)n2)CC1. The molecule has 3 N–H and O–H groups in total. The lowest BCUT2D eigenvalue weighted by molar-refractivity contribution is 0.253. The molecule has 2 heterocycles. The van der Waals surface area contributed by atoms with Crippen molar-refractivity contribution in [2.45, 2.75) is 18.8 Å². The van der Waals surface area contributed by atoms with Crippen molar-refractivity contribution in [1.82, 2.24) is 9.88 Å². The summed E-state index contributed by atoms with van der Waals surface area (Å²) in [5.74, 6) is 1.07. The van der Waals surface area contributed by atoms with Crippen molar-refractivity contribution in [2.75, 3.05) is 25.9 Å². The van der Waals surface area contributed by atoms with Gasteiger partial charge in [-0.05, 0) is 75.4 Å². The lowest BCUT2D eigenvalue weighted by atomic mass is 9.91. The third kappa shape index (κ3) is 4.33. The number of pyridine rings is 1. The van der Waals surface area contributed by atoms with Gasteiger partial charge in [0.1, 0.15) is 17.3 Å². The molecule has 2 aromatic carbocycles. The average Bonchev–Trinajstić information content (AvgIpc) is 2.75. The molecule has 0 radical (unpaired) electrons. The molecule has 1 aromatic heterocycles. The normalized spacial score (nSPS) is 15.1. The van der Waals surface area contributed by atoms with Crippen LogP contribution in [0.5, 0.6) is 11.5 Å². The van der Waals surface area contributed by atoms with Gasteiger partial charge < -0.3 is 20.8 Å². The Balaban J connectivity index is 1.62. The zero-order chi connectivity index (χ0) is 21.1. The lowest BCUT2D eigenvalue weighted by Gasteiger charge is -2.29. The van der Waals surface area contributed by atoms with Gasteiger partial charge in [0.2, 0.25) is 0 Å². The molecule has 5 nitrogen and oxygen atoms in total. The minimum Gasteiger partial charge on any atom is -0.457 e. The number of aromatic nitrogens is 1.